The van der Waals surface area contributed by atoms with Crippen LogP contribution in [-0.4, -0.2) is 24.2 Å². The van der Waals surface area contributed by atoms with E-state index >= 15 is 0 Å². The molecule has 94 valence electrons. The Bertz CT molecular complexity index is 575. The molecule has 1 heterocycles. The molecule has 0 aliphatic carbocycles. The summed E-state index contributed by atoms with van der Waals surface area (Å²) in [6, 6.07) is 5.36. The van der Waals surface area contributed by atoms with Crippen LogP contribution in [0.25, 0.3) is 11.3 Å². The molecule has 2 rings (SSSR count). The van der Waals surface area contributed by atoms with Crippen molar-refractivity contribution >= 4 is 17.4 Å². The van der Waals surface area contributed by atoms with Crippen LogP contribution in [0, 0.1) is 0 Å². The Kier molecular flexibility index (Phi) is 3.53. The van der Waals surface area contributed by atoms with Crippen molar-refractivity contribution in [3.05, 3.63) is 29.5 Å². The van der Waals surface area contributed by atoms with Gasteiger partial charge in [-0.25, -0.2) is 9.97 Å². The summed E-state index contributed by atoms with van der Waals surface area (Å²) >= 11 is 6.09. The van der Waals surface area contributed by atoms with E-state index in [1.54, 1.807) is 26.4 Å². The molecule has 0 saturated heterocycles. The molecule has 0 aliphatic heterocycles. The van der Waals surface area contributed by atoms with Crippen LogP contribution in [0.1, 0.15) is 0 Å². The highest BCUT2D eigenvalue weighted by Gasteiger charge is 2.14. The molecule has 0 atom stereocenters. The number of anilines is 1. The topological polar surface area (TPSA) is 70.3 Å². The van der Waals surface area contributed by atoms with Gasteiger partial charge in [-0.3, -0.25) is 0 Å². The van der Waals surface area contributed by atoms with Crippen molar-refractivity contribution in [2.75, 3.05) is 20.0 Å². The van der Waals surface area contributed by atoms with Crippen LogP contribution in [0.5, 0.6) is 11.5 Å². The largest absolute Gasteiger partial charge is 0.497 e. The zero-order valence-electron chi connectivity index (χ0n) is 9.98. The van der Waals surface area contributed by atoms with Gasteiger partial charge in [0.25, 0.3) is 0 Å². The van der Waals surface area contributed by atoms with Crippen molar-refractivity contribution in [3.63, 3.8) is 0 Å². The summed E-state index contributed by atoms with van der Waals surface area (Å²) in [5.74, 6) is 1.53. The average molecular weight is 266 g/mol. The van der Waals surface area contributed by atoms with E-state index in [0.717, 1.165) is 5.56 Å². The molecular formula is C12H12ClN3O2. The van der Waals surface area contributed by atoms with Crippen LogP contribution < -0.4 is 15.2 Å². The Morgan fingerprint density at radius 2 is 1.94 bits per heavy atom. The molecule has 0 unspecified atom stereocenters. The van der Waals surface area contributed by atoms with Gasteiger partial charge in [-0.1, -0.05) is 11.6 Å². The summed E-state index contributed by atoms with van der Waals surface area (Å²) < 4.78 is 10.4. The molecule has 0 radical (unpaired) electrons. The summed E-state index contributed by atoms with van der Waals surface area (Å²) in [4.78, 5) is 7.95. The standard InChI is InChI=1S/C12H12ClN3O2/c1-17-7-3-4-8(9(5-7)18-2)11-10(13)12(14)16-6-15-11/h3-6H,1-2H3,(H2,14,15,16). The molecule has 1 aromatic heterocycles. The van der Waals surface area contributed by atoms with E-state index in [4.69, 9.17) is 26.8 Å². The fourth-order valence-electron chi connectivity index (χ4n) is 1.57. The van der Waals surface area contributed by atoms with Crippen LogP contribution in [0.4, 0.5) is 5.82 Å². The molecule has 0 saturated carbocycles. The molecule has 1 aromatic carbocycles. The Labute approximate surface area is 110 Å². The molecule has 0 bridgehead atoms. The van der Waals surface area contributed by atoms with Crippen molar-refractivity contribution in [1.82, 2.24) is 9.97 Å². The third-order valence-electron chi connectivity index (χ3n) is 2.48. The lowest BCUT2D eigenvalue weighted by Crippen LogP contribution is -1.97. The SMILES string of the molecule is COc1ccc(-c2ncnc(N)c2Cl)c(OC)c1. The zero-order chi connectivity index (χ0) is 13.1. The molecular weight excluding hydrogens is 254 g/mol. The Hall–Kier alpha value is -2.01. The number of nitrogens with two attached hydrogens (primary N) is 1. The second kappa shape index (κ2) is 5.10. The lowest BCUT2D eigenvalue weighted by Gasteiger charge is -2.11. The first-order valence-electron chi connectivity index (χ1n) is 5.15. The van der Waals surface area contributed by atoms with Crippen LogP contribution in [0.2, 0.25) is 5.02 Å². The minimum absolute atomic E-state index is 0.236. The van der Waals surface area contributed by atoms with Crippen LogP contribution in [0.15, 0.2) is 24.5 Å². The second-order valence-electron chi connectivity index (χ2n) is 3.49. The quantitative estimate of drug-likeness (QED) is 0.923. The van der Waals surface area contributed by atoms with Gasteiger partial charge in [-0.05, 0) is 12.1 Å². The highest BCUT2D eigenvalue weighted by molar-refractivity contribution is 6.35. The fourth-order valence-corrected chi connectivity index (χ4v) is 1.76. The molecule has 18 heavy (non-hydrogen) atoms. The van der Waals surface area contributed by atoms with Gasteiger partial charge in [-0.2, -0.15) is 0 Å². The first-order valence-corrected chi connectivity index (χ1v) is 5.53. The lowest BCUT2D eigenvalue weighted by molar-refractivity contribution is 0.395. The molecule has 0 aliphatic rings. The Morgan fingerprint density at radius 3 is 2.61 bits per heavy atom. The minimum Gasteiger partial charge on any atom is -0.497 e. The van der Waals surface area contributed by atoms with Gasteiger partial charge >= 0.3 is 0 Å². The van der Waals surface area contributed by atoms with E-state index in [1.165, 1.54) is 6.33 Å². The van der Waals surface area contributed by atoms with Gasteiger partial charge in [0.05, 0.1) is 19.9 Å². The maximum absolute atomic E-state index is 6.09. The van der Waals surface area contributed by atoms with E-state index in [-0.39, 0.29) is 5.82 Å². The molecule has 2 N–H and O–H groups in total. The first-order chi connectivity index (χ1) is 8.67. The van der Waals surface area contributed by atoms with Gasteiger partial charge in [0.2, 0.25) is 0 Å². The Morgan fingerprint density at radius 1 is 1.17 bits per heavy atom. The number of rotatable bonds is 3. The predicted octanol–water partition coefficient (Wildman–Crippen LogP) is 2.40. The van der Waals surface area contributed by atoms with Gasteiger partial charge in [-0.15, -0.1) is 0 Å². The highest BCUT2D eigenvalue weighted by atomic mass is 35.5. The maximum Gasteiger partial charge on any atom is 0.146 e. The number of benzene rings is 1. The molecule has 2 aromatic rings. The summed E-state index contributed by atoms with van der Waals surface area (Å²) in [6.07, 6.45) is 1.36. The van der Waals surface area contributed by atoms with E-state index in [1.807, 2.05) is 6.07 Å². The zero-order valence-corrected chi connectivity index (χ0v) is 10.7. The number of methoxy groups -OCH3 is 2. The van der Waals surface area contributed by atoms with E-state index in [0.29, 0.717) is 22.2 Å². The first kappa shape index (κ1) is 12.4. The van der Waals surface area contributed by atoms with Crippen molar-refractivity contribution < 1.29 is 9.47 Å². The average Bonchev–Trinajstić information content (AvgIpc) is 2.41. The van der Waals surface area contributed by atoms with Crippen molar-refractivity contribution in [3.8, 4) is 22.8 Å². The normalized spacial score (nSPS) is 10.2. The number of hydrogen-bond acceptors (Lipinski definition) is 5. The highest BCUT2D eigenvalue weighted by Crippen LogP contribution is 2.36. The molecule has 5 nitrogen and oxygen atoms in total. The Balaban J connectivity index is 2.60. The van der Waals surface area contributed by atoms with Gasteiger partial charge in [0, 0.05) is 11.6 Å². The lowest BCUT2D eigenvalue weighted by atomic mass is 10.1. The van der Waals surface area contributed by atoms with Crippen LogP contribution >= 0.6 is 11.6 Å². The molecule has 0 spiro atoms. The number of nitrogen functional groups attached to an aromatic ring is 1. The molecule has 0 fully saturated rings. The van der Waals surface area contributed by atoms with Crippen molar-refractivity contribution in [1.29, 1.82) is 0 Å². The molecule has 6 heteroatoms. The van der Waals surface area contributed by atoms with Gasteiger partial charge < -0.3 is 15.2 Å². The van der Waals surface area contributed by atoms with E-state index < -0.39 is 0 Å². The van der Waals surface area contributed by atoms with Gasteiger partial charge in [0.1, 0.15) is 28.7 Å². The predicted molar refractivity (Wildman–Crippen MR) is 70.0 cm³/mol. The number of aromatic nitrogens is 2. The smallest absolute Gasteiger partial charge is 0.146 e. The van der Waals surface area contributed by atoms with E-state index in [9.17, 15) is 0 Å². The van der Waals surface area contributed by atoms with Crippen molar-refractivity contribution in [2.45, 2.75) is 0 Å². The van der Waals surface area contributed by atoms with E-state index in [2.05, 4.69) is 9.97 Å². The number of hydrogen-bond donors (Lipinski definition) is 1. The van der Waals surface area contributed by atoms with Crippen molar-refractivity contribution in [2.24, 2.45) is 0 Å². The third-order valence-corrected chi connectivity index (χ3v) is 2.85. The third kappa shape index (κ3) is 2.17. The minimum atomic E-state index is 0.236. The summed E-state index contributed by atoms with van der Waals surface area (Å²) in [7, 11) is 3.15. The number of halogens is 1. The monoisotopic (exact) mass is 265 g/mol. The van der Waals surface area contributed by atoms with Crippen LogP contribution in [0.3, 0.4) is 0 Å². The summed E-state index contributed by atoms with van der Waals surface area (Å²) in [5, 5.41) is 0.306. The maximum atomic E-state index is 6.09. The summed E-state index contributed by atoms with van der Waals surface area (Å²) in [5.41, 5.74) is 6.92. The summed E-state index contributed by atoms with van der Waals surface area (Å²) in [6.45, 7) is 0. The van der Waals surface area contributed by atoms with Crippen LogP contribution in [-0.2, 0) is 0 Å². The number of nitrogens with zero attached hydrogens (tertiary/aromatic N) is 2. The fraction of sp³-hybridized carbons (Fsp3) is 0.167. The molecule has 0 amide bonds. The number of ether oxygens (including phenoxy) is 2. The second-order valence-corrected chi connectivity index (χ2v) is 3.87. The van der Waals surface area contributed by atoms with Gasteiger partial charge in [0.15, 0.2) is 0 Å².